The van der Waals surface area contributed by atoms with Gasteiger partial charge in [0.15, 0.2) is 0 Å². The van der Waals surface area contributed by atoms with Crippen molar-refractivity contribution in [2.24, 2.45) is 5.73 Å². The first-order valence-corrected chi connectivity index (χ1v) is 6.94. The van der Waals surface area contributed by atoms with Gasteiger partial charge in [0.05, 0.1) is 0 Å². The van der Waals surface area contributed by atoms with E-state index in [1.54, 1.807) is 18.4 Å². The van der Waals surface area contributed by atoms with Gasteiger partial charge in [-0.2, -0.15) is 0 Å². The van der Waals surface area contributed by atoms with Crippen molar-refractivity contribution in [3.63, 3.8) is 0 Å². The Labute approximate surface area is 103 Å². The molecule has 0 bridgehead atoms. The van der Waals surface area contributed by atoms with Crippen LogP contribution in [0, 0.1) is 0 Å². The highest BCUT2D eigenvalue weighted by Crippen LogP contribution is 2.08. The van der Waals surface area contributed by atoms with Gasteiger partial charge >= 0.3 is 0 Å². The van der Waals surface area contributed by atoms with E-state index in [-0.39, 0.29) is 10.9 Å². The van der Waals surface area contributed by atoms with Crippen molar-refractivity contribution < 1.29 is 9.00 Å². The number of hydrogen-bond donors (Lipinski definition) is 2. The van der Waals surface area contributed by atoms with Crippen LogP contribution in [-0.2, 0) is 10.8 Å². The zero-order valence-corrected chi connectivity index (χ0v) is 10.8. The number of nitrogens with two attached hydrogens (primary N) is 1. The molecule has 0 aliphatic carbocycles. The number of anilines is 1. The molecule has 3 N–H and O–H groups in total. The highest BCUT2D eigenvalue weighted by molar-refractivity contribution is 7.84. The van der Waals surface area contributed by atoms with Crippen molar-refractivity contribution in [2.45, 2.75) is 18.6 Å². The molecule has 17 heavy (non-hydrogen) atoms. The topological polar surface area (TPSA) is 85.1 Å². The van der Waals surface area contributed by atoms with E-state index in [2.05, 4.69) is 10.3 Å². The SMILES string of the molecule is CC(CCNc1ccnc(C(N)=O)c1)S(C)=O. The average molecular weight is 255 g/mol. The standard InChI is InChI=1S/C11H17N3O2S/c1-8(17(2)16)3-5-13-9-4-6-14-10(7-9)11(12)15/h4,6-8H,3,5H2,1-2H3,(H2,12,15)(H,13,14). The predicted octanol–water partition coefficient (Wildman–Crippen LogP) is 0.750. The van der Waals surface area contributed by atoms with E-state index in [0.29, 0.717) is 6.54 Å². The Morgan fingerprint density at radius 1 is 1.65 bits per heavy atom. The van der Waals surface area contributed by atoms with Gasteiger partial charge in [0, 0.05) is 40.7 Å². The number of pyridine rings is 1. The first kappa shape index (κ1) is 13.6. The van der Waals surface area contributed by atoms with Crippen molar-refractivity contribution in [1.82, 2.24) is 4.98 Å². The van der Waals surface area contributed by atoms with Crippen LogP contribution in [0.1, 0.15) is 23.8 Å². The summed E-state index contributed by atoms with van der Waals surface area (Å²) in [5.74, 6) is -0.545. The summed E-state index contributed by atoms with van der Waals surface area (Å²) >= 11 is 0. The van der Waals surface area contributed by atoms with Gasteiger partial charge in [0.1, 0.15) is 5.69 Å². The van der Waals surface area contributed by atoms with E-state index in [9.17, 15) is 9.00 Å². The molecule has 1 rings (SSSR count). The van der Waals surface area contributed by atoms with Crippen LogP contribution < -0.4 is 11.1 Å². The normalized spacial score (nSPS) is 14.0. The van der Waals surface area contributed by atoms with Crippen LogP contribution in [0.5, 0.6) is 0 Å². The molecule has 0 radical (unpaired) electrons. The molecule has 0 saturated carbocycles. The Bertz CT molecular complexity index is 423. The molecule has 0 spiro atoms. The molecule has 0 aliphatic rings. The number of carbonyl (C=O) groups is 1. The molecule has 1 amide bonds. The fraction of sp³-hybridized carbons (Fsp3) is 0.455. The molecular formula is C11H17N3O2S. The lowest BCUT2D eigenvalue weighted by Crippen LogP contribution is -2.16. The Morgan fingerprint density at radius 3 is 2.94 bits per heavy atom. The van der Waals surface area contributed by atoms with E-state index >= 15 is 0 Å². The molecule has 5 nitrogen and oxygen atoms in total. The van der Waals surface area contributed by atoms with Crippen LogP contribution in [0.15, 0.2) is 18.3 Å². The van der Waals surface area contributed by atoms with Crippen LogP contribution in [-0.4, -0.2) is 33.2 Å². The smallest absolute Gasteiger partial charge is 0.267 e. The third-order valence-electron chi connectivity index (χ3n) is 2.46. The molecule has 0 aromatic carbocycles. The zero-order chi connectivity index (χ0) is 12.8. The van der Waals surface area contributed by atoms with Crippen LogP contribution in [0.4, 0.5) is 5.69 Å². The lowest BCUT2D eigenvalue weighted by atomic mass is 10.3. The number of aromatic nitrogens is 1. The fourth-order valence-corrected chi connectivity index (χ4v) is 1.71. The minimum absolute atomic E-state index is 0.153. The van der Waals surface area contributed by atoms with Gasteiger partial charge in [-0.25, -0.2) is 0 Å². The number of rotatable bonds is 6. The number of amides is 1. The minimum Gasteiger partial charge on any atom is -0.385 e. The van der Waals surface area contributed by atoms with Gasteiger partial charge in [-0.1, -0.05) is 6.92 Å². The molecule has 94 valence electrons. The van der Waals surface area contributed by atoms with Crippen molar-refractivity contribution in [3.8, 4) is 0 Å². The average Bonchev–Trinajstić information content (AvgIpc) is 2.29. The highest BCUT2D eigenvalue weighted by Gasteiger charge is 2.06. The summed E-state index contributed by atoms with van der Waals surface area (Å²) in [5.41, 5.74) is 6.16. The van der Waals surface area contributed by atoms with Gasteiger partial charge < -0.3 is 11.1 Å². The number of primary amides is 1. The van der Waals surface area contributed by atoms with Crippen molar-refractivity contribution in [2.75, 3.05) is 18.1 Å². The second-order valence-corrected chi connectivity index (χ2v) is 5.62. The van der Waals surface area contributed by atoms with Gasteiger partial charge in [0.25, 0.3) is 5.91 Å². The number of nitrogens with one attached hydrogen (secondary N) is 1. The molecule has 1 heterocycles. The summed E-state index contributed by atoms with van der Waals surface area (Å²) in [6, 6.07) is 3.37. The number of carbonyl (C=O) groups excluding carboxylic acids is 1. The molecule has 1 aromatic heterocycles. The Kier molecular flexibility index (Phi) is 5.09. The first-order valence-electron chi connectivity index (χ1n) is 5.32. The highest BCUT2D eigenvalue weighted by atomic mass is 32.2. The van der Waals surface area contributed by atoms with E-state index < -0.39 is 16.7 Å². The summed E-state index contributed by atoms with van der Waals surface area (Å²) in [6.45, 7) is 2.64. The Morgan fingerprint density at radius 2 is 2.35 bits per heavy atom. The lowest BCUT2D eigenvalue weighted by molar-refractivity contribution is 0.0995. The monoisotopic (exact) mass is 255 g/mol. The molecular weight excluding hydrogens is 238 g/mol. The predicted molar refractivity (Wildman–Crippen MR) is 69.4 cm³/mol. The van der Waals surface area contributed by atoms with E-state index in [4.69, 9.17) is 5.73 Å². The lowest BCUT2D eigenvalue weighted by Gasteiger charge is -2.10. The second-order valence-electron chi connectivity index (χ2n) is 3.82. The van der Waals surface area contributed by atoms with Gasteiger partial charge in [-0.15, -0.1) is 0 Å². The number of hydrogen-bond acceptors (Lipinski definition) is 4. The molecule has 6 heteroatoms. The van der Waals surface area contributed by atoms with Crippen molar-refractivity contribution in [1.29, 1.82) is 0 Å². The summed E-state index contributed by atoms with van der Waals surface area (Å²) in [6.07, 6.45) is 4.03. The van der Waals surface area contributed by atoms with Crippen molar-refractivity contribution >= 4 is 22.4 Å². The zero-order valence-electron chi connectivity index (χ0n) is 9.97. The second kappa shape index (κ2) is 6.34. The molecule has 2 unspecified atom stereocenters. The third-order valence-corrected chi connectivity index (χ3v) is 3.83. The van der Waals surface area contributed by atoms with Gasteiger partial charge in [0.2, 0.25) is 0 Å². The quantitative estimate of drug-likeness (QED) is 0.785. The third kappa shape index (κ3) is 4.52. The largest absolute Gasteiger partial charge is 0.385 e. The number of nitrogens with zero attached hydrogens (tertiary/aromatic N) is 1. The molecule has 0 saturated heterocycles. The summed E-state index contributed by atoms with van der Waals surface area (Å²) in [5, 5.41) is 3.30. The van der Waals surface area contributed by atoms with Crippen LogP contribution in [0.2, 0.25) is 0 Å². The van der Waals surface area contributed by atoms with Crippen molar-refractivity contribution in [3.05, 3.63) is 24.0 Å². The van der Waals surface area contributed by atoms with E-state index in [1.165, 1.54) is 6.20 Å². The summed E-state index contributed by atoms with van der Waals surface area (Å²) < 4.78 is 11.1. The first-order chi connectivity index (χ1) is 8.00. The van der Waals surface area contributed by atoms with Gasteiger partial charge in [-0.3, -0.25) is 14.0 Å². The molecule has 1 aromatic rings. The van der Waals surface area contributed by atoms with Crippen LogP contribution >= 0.6 is 0 Å². The van der Waals surface area contributed by atoms with Crippen LogP contribution in [0.25, 0.3) is 0 Å². The minimum atomic E-state index is -0.806. The molecule has 0 fully saturated rings. The van der Waals surface area contributed by atoms with E-state index in [1.807, 2.05) is 6.92 Å². The van der Waals surface area contributed by atoms with Gasteiger partial charge in [-0.05, 0) is 18.6 Å². The molecule has 0 aliphatic heterocycles. The molecule has 2 atom stereocenters. The van der Waals surface area contributed by atoms with E-state index in [0.717, 1.165) is 12.1 Å². The maximum Gasteiger partial charge on any atom is 0.267 e. The Hall–Kier alpha value is -1.43. The fourth-order valence-electron chi connectivity index (χ4n) is 1.26. The Balaban J connectivity index is 2.49. The summed E-state index contributed by atoms with van der Waals surface area (Å²) in [4.78, 5) is 14.8. The maximum absolute atomic E-state index is 11.1. The maximum atomic E-state index is 11.1. The van der Waals surface area contributed by atoms with Crippen LogP contribution in [0.3, 0.4) is 0 Å². The summed E-state index contributed by atoms with van der Waals surface area (Å²) in [7, 11) is -0.806.